The van der Waals surface area contributed by atoms with Gasteiger partial charge >= 0.3 is 11.9 Å². The quantitative estimate of drug-likeness (QED) is 0.165. The summed E-state index contributed by atoms with van der Waals surface area (Å²) in [7, 11) is 0. The predicted octanol–water partition coefficient (Wildman–Crippen LogP) is 4.29. The highest BCUT2D eigenvalue weighted by Gasteiger charge is 2.34. The van der Waals surface area contributed by atoms with Crippen LogP contribution >= 0.6 is 12.6 Å². The Morgan fingerprint density at radius 2 is 1.57 bits per heavy atom. The average molecular weight is 621 g/mol. The second-order valence-corrected chi connectivity index (χ2v) is 11.8. The number of allylic oxidation sites excluding steroid dienone is 1. The van der Waals surface area contributed by atoms with E-state index in [1.54, 1.807) is 11.5 Å². The van der Waals surface area contributed by atoms with Crippen LogP contribution in [0, 0.1) is 25.7 Å². The summed E-state index contributed by atoms with van der Waals surface area (Å²) in [6.45, 7) is 11.4. The number of hydrogen-bond acceptors (Lipinski definition) is 5. The van der Waals surface area contributed by atoms with Gasteiger partial charge in [0.05, 0.1) is 6.04 Å². The molecule has 1 fully saturated rings. The summed E-state index contributed by atoms with van der Waals surface area (Å²) in [5.41, 5.74) is 9.11. The fourth-order valence-corrected chi connectivity index (χ4v) is 6.43. The lowest BCUT2D eigenvalue weighted by Gasteiger charge is -2.12. The molecule has 44 heavy (non-hydrogen) atoms. The summed E-state index contributed by atoms with van der Waals surface area (Å²) in [4.78, 5) is 54.9. The molecule has 0 bridgehead atoms. The summed E-state index contributed by atoms with van der Waals surface area (Å²) < 4.78 is 0. The smallest absolute Gasteiger partial charge is 0.303 e. The largest absolute Gasteiger partial charge is 0.481 e. The molecule has 6 N–H and O–H groups in total. The fourth-order valence-electron chi connectivity index (χ4n) is 6.24. The van der Waals surface area contributed by atoms with Gasteiger partial charge < -0.3 is 30.8 Å². The number of carbonyl (C=O) groups is 4. The normalized spacial score (nSPS) is 21.0. The van der Waals surface area contributed by atoms with Crippen LogP contribution in [0.1, 0.15) is 71.7 Å². The first kappa shape index (κ1) is 32.7. The van der Waals surface area contributed by atoms with Crippen molar-refractivity contribution in [1.82, 2.24) is 20.6 Å². The minimum atomic E-state index is -0.909. The van der Waals surface area contributed by atoms with E-state index in [4.69, 9.17) is 0 Å². The van der Waals surface area contributed by atoms with Crippen molar-refractivity contribution >= 4 is 42.5 Å². The van der Waals surface area contributed by atoms with Gasteiger partial charge in [0, 0.05) is 71.6 Å². The van der Waals surface area contributed by atoms with E-state index in [9.17, 15) is 29.4 Å². The van der Waals surface area contributed by atoms with Crippen molar-refractivity contribution in [2.24, 2.45) is 11.8 Å². The molecule has 0 aliphatic carbocycles. The Kier molecular flexibility index (Phi) is 10.1. The zero-order valence-corrected chi connectivity index (χ0v) is 26.4. The number of carboxylic acid groups (broad SMARTS) is 2. The second kappa shape index (κ2) is 13.6. The molecule has 4 rings (SSSR count). The van der Waals surface area contributed by atoms with Gasteiger partial charge in [0.25, 0.3) is 5.91 Å². The maximum atomic E-state index is 12.5. The summed E-state index contributed by atoms with van der Waals surface area (Å²) >= 11 is 4.20. The predicted molar refractivity (Wildman–Crippen MR) is 171 cm³/mol. The van der Waals surface area contributed by atoms with Crippen LogP contribution in [0.5, 0.6) is 0 Å². The van der Waals surface area contributed by atoms with Crippen LogP contribution in [-0.2, 0) is 44.9 Å². The number of hydrogen-bond donors (Lipinski definition) is 7. The number of amides is 2. The molecule has 234 valence electrons. The van der Waals surface area contributed by atoms with E-state index in [-0.39, 0.29) is 42.5 Å². The van der Waals surface area contributed by atoms with Gasteiger partial charge in [-0.05, 0) is 72.9 Å². The summed E-state index contributed by atoms with van der Waals surface area (Å²) in [6.07, 6.45) is 6.74. The molecule has 10 nitrogen and oxygen atoms in total. The molecule has 4 heterocycles. The van der Waals surface area contributed by atoms with Crippen LogP contribution in [0.15, 0.2) is 41.0 Å². The molecule has 0 unspecified atom stereocenters. The zero-order valence-electron chi connectivity index (χ0n) is 25.5. The van der Waals surface area contributed by atoms with Crippen molar-refractivity contribution in [1.29, 1.82) is 0 Å². The van der Waals surface area contributed by atoms with Gasteiger partial charge in [-0.15, -0.1) is 0 Å². The lowest BCUT2D eigenvalue weighted by Crippen LogP contribution is -2.30. The topological polar surface area (TPSA) is 164 Å². The number of aromatic nitrogens is 2. The van der Waals surface area contributed by atoms with E-state index in [1.807, 2.05) is 39.8 Å². The van der Waals surface area contributed by atoms with Crippen LogP contribution in [0.4, 0.5) is 0 Å². The molecule has 2 aliphatic heterocycles. The van der Waals surface area contributed by atoms with Gasteiger partial charge in [0.15, 0.2) is 0 Å². The maximum Gasteiger partial charge on any atom is 0.303 e. The minimum absolute atomic E-state index is 0.0459. The van der Waals surface area contributed by atoms with Crippen molar-refractivity contribution in [2.45, 2.75) is 72.3 Å². The third kappa shape index (κ3) is 6.77. The monoisotopic (exact) mass is 620 g/mol. The highest BCUT2D eigenvalue weighted by atomic mass is 32.1. The van der Waals surface area contributed by atoms with E-state index >= 15 is 0 Å². The van der Waals surface area contributed by atoms with Crippen molar-refractivity contribution in [3.05, 3.63) is 86.0 Å². The molecular weight excluding hydrogens is 580 g/mol. The van der Waals surface area contributed by atoms with Gasteiger partial charge in [-0.3, -0.25) is 19.2 Å². The lowest BCUT2D eigenvalue weighted by molar-refractivity contribution is -0.138. The van der Waals surface area contributed by atoms with Crippen molar-refractivity contribution in [2.75, 3.05) is 0 Å². The SMILES string of the molecule is C=CC1=C(C)[C@@H](Cc2[nH]c(Cc3[nH]c(/C=C4\NC(=O)[C@H](C)[C@H]4C=CS)c(C)c3CCC(=O)O)c(CCC(=O)O)c2C)NC1=O. The van der Waals surface area contributed by atoms with Crippen molar-refractivity contribution < 1.29 is 29.4 Å². The average Bonchev–Trinajstić information content (AvgIpc) is 3.60. The highest BCUT2D eigenvalue weighted by Crippen LogP contribution is 2.33. The number of aromatic amines is 2. The van der Waals surface area contributed by atoms with Gasteiger partial charge in [0.2, 0.25) is 5.91 Å². The Morgan fingerprint density at radius 3 is 2.14 bits per heavy atom. The number of nitrogens with one attached hydrogen (secondary N) is 4. The number of aliphatic carboxylic acids is 2. The van der Waals surface area contributed by atoms with Crippen molar-refractivity contribution in [3.8, 4) is 0 Å². The highest BCUT2D eigenvalue weighted by molar-refractivity contribution is 7.83. The van der Waals surface area contributed by atoms with Gasteiger partial charge in [0.1, 0.15) is 0 Å². The molecule has 2 aliphatic rings. The first-order valence-corrected chi connectivity index (χ1v) is 15.2. The van der Waals surface area contributed by atoms with Crippen LogP contribution in [0.25, 0.3) is 6.08 Å². The molecule has 0 spiro atoms. The zero-order chi connectivity index (χ0) is 32.3. The van der Waals surface area contributed by atoms with E-state index in [2.05, 4.69) is 39.8 Å². The summed E-state index contributed by atoms with van der Waals surface area (Å²) in [5.74, 6) is -2.48. The van der Waals surface area contributed by atoms with E-state index in [1.165, 1.54) is 0 Å². The molecule has 11 heteroatoms. The van der Waals surface area contributed by atoms with Crippen molar-refractivity contribution in [3.63, 3.8) is 0 Å². The summed E-state index contributed by atoms with van der Waals surface area (Å²) in [6, 6.07) is -0.214. The molecule has 2 aromatic rings. The van der Waals surface area contributed by atoms with Crippen LogP contribution in [0.3, 0.4) is 0 Å². The number of carboxylic acids is 2. The third-order valence-corrected chi connectivity index (χ3v) is 9.06. The first-order valence-electron chi connectivity index (χ1n) is 14.7. The molecule has 0 radical (unpaired) electrons. The van der Waals surface area contributed by atoms with E-state index < -0.39 is 11.9 Å². The third-order valence-electron chi connectivity index (χ3n) is 8.89. The number of thiol groups is 1. The molecular formula is C33H40N4O6S. The Hall–Kier alpha value is -4.25. The second-order valence-electron chi connectivity index (χ2n) is 11.5. The number of rotatable bonds is 13. The Labute approximate surface area is 262 Å². The standard InChI is InChI=1S/C33H40N4O6S/c1-6-20-16(2)26(36-33(20)43)13-24-17(3)21(7-9-30(38)39)27(34-24)15-28-22(8-10-31(40)41)18(4)25(35-28)14-29-23(11-12-44)19(5)32(42)37-29/h6,11-12,14,19,23,26,34-35,44H,1,7-10,13,15H2,2-5H3,(H,36,43)(H,37,42)(H,38,39)(H,40,41)/b12-11?,29-14-/t19-,23-,26-/m1/s1. The van der Waals surface area contributed by atoms with Crippen LogP contribution in [0.2, 0.25) is 0 Å². The lowest BCUT2D eigenvalue weighted by atomic mass is 9.94. The van der Waals surface area contributed by atoms with E-state index in [0.29, 0.717) is 31.3 Å². The first-order chi connectivity index (χ1) is 20.9. The van der Waals surface area contributed by atoms with E-state index in [0.717, 1.165) is 56.3 Å². The maximum absolute atomic E-state index is 12.5. The molecule has 2 amide bonds. The minimum Gasteiger partial charge on any atom is -0.481 e. The van der Waals surface area contributed by atoms with Crippen LogP contribution in [-0.4, -0.2) is 50.0 Å². The molecule has 3 atom stereocenters. The molecule has 0 saturated carbocycles. The Bertz CT molecular complexity index is 1610. The Balaban J connectivity index is 1.75. The number of H-pyrrole nitrogens is 2. The van der Waals surface area contributed by atoms with Crippen LogP contribution < -0.4 is 10.6 Å². The fraction of sp³-hybridized carbons (Fsp3) is 0.394. The Morgan fingerprint density at radius 1 is 0.955 bits per heavy atom. The molecule has 2 aromatic heterocycles. The molecule has 1 saturated heterocycles. The van der Waals surface area contributed by atoms with Gasteiger partial charge in [-0.1, -0.05) is 25.7 Å². The number of carbonyl (C=O) groups excluding carboxylic acids is 2. The summed E-state index contributed by atoms with van der Waals surface area (Å²) in [5, 5.41) is 26.5. The molecule has 0 aromatic carbocycles. The van der Waals surface area contributed by atoms with Gasteiger partial charge in [-0.25, -0.2) is 0 Å². The van der Waals surface area contributed by atoms with Gasteiger partial charge in [-0.2, -0.15) is 12.6 Å².